The number of rotatable bonds is 6. The van der Waals surface area contributed by atoms with Crippen LogP contribution in [0.3, 0.4) is 0 Å². The third kappa shape index (κ3) is 3.37. The number of hydrogen-bond acceptors (Lipinski definition) is 4. The minimum absolute atomic E-state index is 0.0835. The van der Waals surface area contributed by atoms with Crippen LogP contribution in [0.25, 0.3) is 0 Å². The molecule has 1 aliphatic heterocycles. The monoisotopic (exact) mass is 339 g/mol. The summed E-state index contributed by atoms with van der Waals surface area (Å²) in [5, 5.41) is 14.4. The van der Waals surface area contributed by atoms with Crippen LogP contribution in [-0.4, -0.2) is 51.4 Å². The van der Waals surface area contributed by atoms with Gasteiger partial charge in [0.25, 0.3) is 5.91 Å². The van der Waals surface area contributed by atoms with Crippen LogP contribution in [0.1, 0.15) is 52.9 Å². The van der Waals surface area contributed by atoms with Gasteiger partial charge in [-0.3, -0.25) is 9.59 Å². The number of nitrogens with one attached hydrogen (secondary N) is 2. The van der Waals surface area contributed by atoms with Crippen LogP contribution in [0.15, 0.2) is 0 Å². The van der Waals surface area contributed by atoms with Crippen molar-refractivity contribution < 1.29 is 24.3 Å². The van der Waals surface area contributed by atoms with Gasteiger partial charge >= 0.3 is 12.0 Å². The van der Waals surface area contributed by atoms with Gasteiger partial charge in [0.1, 0.15) is 17.6 Å². The number of carbonyl (C=O) groups excluding carboxylic acids is 3. The normalized spacial score (nSPS) is 21.9. The molecule has 2 atom stereocenters. The third-order valence-electron chi connectivity index (χ3n) is 4.74. The lowest BCUT2D eigenvalue weighted by Gasteiger charge is -2.25. The summed E-state index contributed by atoms with van der Waals surface area (Å²) in [4.78, 5) is 49.4. The standard InChI is InChI=1S/C16H25N3O5/c1-9(2)8-11(13(21)22)17-12(20)10(3)19-14(23)16(18-15(19)24)6-4-5-7-16/h9-11H,4-8H2,1-3H3,(H,17,20)(H,18,24)(H,21,22)/t10?,11-/m0/s1. The Balaban J connectivity index is 2.08. The molecule has 0 aromatic heterocycles. The Bertz CT molecular complexity index is 554. The Kier molecular flexibility index (Phi) is 5.15. The summed E-state index contributed by atoms with van der Waals surface area (Å²) in [6.07, 6.45) is 3.14. The molecule has 1 heterocycles. The summed E-state index contributed by atoms with van der Waals surface area (Å²) in [5.74, 6) is -2.07. The second-order valence-corrected chi connectivity index (χ2v) is 7.10. The van der Waals surface area contributed by atoms with Crippen LogP contribution in [0.5, 0.6) is 0 Å². The first-order chi connectivity index (χ1) is 11.2. The molecule has 1 aliphatic carbocycles. The molecule has 4 amide bonds. The summed E-state index contributed by atoms with van der Waals surface area (Å²) >= 11 is 0. The van der Waals surface area contributed by atoms with Gasteiger partial charge in [-0.2, -0.15) is 0 Å². The van der Waals surface area contributed by atoms with Crippen molar-refractivity contribution in [3.8, 4) is 0 Å². The van der Waals surface area contributed by atoms with Gasteiger partial charge in [-0.1, -0.05) is 26.7 Å². The molecule has 1 spiro atoms. The highest BCUT2D eigenvalue weighted by Crippen LogP contribution is 2.35. The van der Waals surface area contributed by atoms with Crippen molar-refractivity contribution in [3.05, 3.63) is 0 Å². The Morgan fingerprint density at radius 1 is 1.25 bits per heavy atom. The van der Waals surface area contributed by atoms with Crippen LogP contribution in [0.2, 0.25) is 0 Å². The Labute approximate surface area is 141 Å². The van der Waals surface area contributed by atoms with Crippen molar-refractivity contribution in [1.29, 1.82) is 0 Å². The van der Waals surface area contributed by atoms with E-state index in [1.807, 2.05) is 13.8 Å². The van der Waals surface area contributed by atoms with E-state index in [0.29, 0.717) is 12.8 Å². The van der Waals surface area contributed by atoms with Crippen LogP contribution in [0.4, 0.5) is 4.79 Å². The molecular formula is C16H25N3O5. The average molecular weight is 339 g/mol. The van der Waals surface area contributed by atoms with Gasteiger partial charge in [0.2, 0.25) is 5.91 Å². The maximum atomic E-state index is 12.6. The number of nitrogens with zero attached hydrogens (tertiary/aromatic N) is 1. The molecular weight excluding hydrogens is 314 g/mol. The molecule has 1 saturated carbocycles. The number of carbonyl (C=O) groups is 4. The predicted molar refractivity (Wildman–Crippen MR) is 85.1 cm³/mol. The molecule has 24 heavy (non-hydrogen) atoms. The van der Waals surface area contributed by atoms with Crippen LogP contribution in [0, 0.1) is 5.92 Å². The fraction of sp³-hybridized carbons (Fsp3) is 0.750. The smallest absolute Gasteiger partial charge is 0.326 e. The minimum Gasteiger partial charge on any atom is -0.480 e. The number of urea groups is 1. The number of hydrogen-bond donors (Lipinski definition) is 3. The fourth-order valence-electron chi connectivity index (χ4n) is 3.41. The second-order valence-electron chi connectivity index (χ2n) is 7.10. The first-order valence-electron chi connectivity index (χ1n) is 8.37. The van der Waals surface area contributed by atoms with E-state index in [-0.39, 0.29) is 18.2 Å². The predicted octanol–water partition coefficient (Wildman–Crippen LogP) is 0.855. The molecule has 0 bridgehead atoms. The van der Waals surface area contributed by atoms with E-state index in [9.17, 15) is 24.3 Å². The highest BCUT2D eigenvalue weighted by atomic mass is 16.4. The first-order valence-corrected chi connectivity index (χ1v) is 8.37. The number of imide groups is 1. The lowest BCUT2D eigenvalue weighted by Crippen LogP contribution is -2.53. The van der Waals surface area contributed by atoms with E-state index < -0.39 is 35.5 Å². The second kappa shape index (κ2) is 6.78. The highest BCUT2D eigenvalue weighted by Gasteiger charge is 2.54. The zero-order valence-electron chi connectivity index (χ0n) is 14.3. The summed E-state index contributed by atoms with van der Waals surface area (Å²) in [6.45, 7) is 5.15. The molecule has 1 unspecified atom stereocenters. The number of carboxylic acid groups (broad SMARTS) is 1. The van der Waals surface area contributed by atoms with Gasteiger partial charge in [0.15, 0.2) is 0 Å². The molecule has 134 valence electrons. The van der Waals surface area contributed by atoms with Gasteiger partial charge in [-0.05, 0) is 32.1 Å². The lowest BCUT2D eigenvalue weighted by atomic mass is 9.97. The zero-order valence-corrected chi connectivity index (χ0v) is 14.3. The van der Waals surface area contributed by atoms with Gasteiger partial charge in [-0.25, -0.2) is 14.5 Å². The Morgan fingerprint density at radius 2 is 1.83 bits per heavy atom. The lowest BCUT2D eigenvalue weighted by molar-refractivity contribution is -0.143. The average Bonchev–Trinajstić information content (AvgIpc) is 3.03. The summed E-state index contributed by atoms with van der Waals surface area (Å²) in [6, 6.07) is -2.67. The maximum absolute atomic E-state index is 12.6. The zero-order chi connectivity index (χ0) is 18.1. The van der Waals surface area contributed by atoms with Crippen molar-refractivity contribution >= 4 is 23.8 Å². The molecule has 3 N–H and O–H groups in total. The van der Waals surface area contributed by atoms with Crippen molar-refractivity contribution in [2.24, 2.45) is 5.92 Å². The first kappa shape index (κ1) is 18.2. The summed E-state index contributed by atoms with van der Waals surface area (Å²) in [5.41, 5.74) is -0.879. The molecule has 0 aromatic rings. The van der Waals surface area contributed by atoms with E-state index in [1.165, 1.54) is 6.92 Å². The van der Waals surface area contributed by atoms with E-state index in [2.05, 4.69) is 10.6 Å². The molecule has 2 rings (SSSR count). The van der Waals surface area contributed by atoms with E-state index in [0.717, 1.165) is 17.7 Å². The molecule has 8 nitrogen and oxygen atoms in total. The van der Waals surface area contributed by atoms with Crippen LogP contribution in [-0.2, 0) is 14.4 Å². The van der Waals surface area contributed by atoms with E-state index in [4.69, 9.17) is 0 Å². The van der Waals surface area contributed by atoms with Crippen molar-refractivity contribution in [1.82, 2.24) is 15.5 Å². The van der Waals surface area contributed by atoms with E-state index >= 15 is 0 Å². The van der Waals surface area contributed by atoms with Crippen LogP contribution >= 0.6 is 0 Å². The number of carboxylic acids is 1. The minimum atomic E-state index is -1.13. The summed E-state index contributed by atoms with van der Waals surface area (Å²) in [7, 11) is 0. The van der Waals surface area contributed by atoms with Crippen LogP contribution < -0.4 is 10.6 Å². The Morgan fingerprint density at radius 3 is 2.33 bits per heavy atom. The van der Waals surface area contributed by atoms with Gasteiger partial charge < -0.3 is 15.7 Å². The maximum Gasteiger partial charge on any atom is 0.326 e. The van der Waals surface area contributed by atoms with Gasteiger partial charge in [0, 0.05) is 0 Å². The van der Waals surface area contributed by atoms with Gasteiger partial charge in [-0.15, -0.1) is 0 Å². The topological polar surface area (TPSA) is 116 Å². The van der Waals surface area contributed by atoms with Gasteiger partial charge in [0.05, 0.1) is 0 Å². The molecule has 0 radical (unpaired) electrons. The molecule has 8 heteroatoms. The SMILES string of the molecule is CC(C)C[C@H](NC(=O)C(C)N1C(=O)NC2(CCCC2)C1=O)C(=O)O. The molecule has 0 aromatic carbocycles. The summed E-state index contributed by atoms with van der Waals surface area (Å²) < 4.78 is 0. The Hall–Kier alpha value is -2.12. The highest BCUT2D eigenvalue weighted by molar-refractivity contribution is 6.10. The van der Waals surface area contributed by atoms with Crippen molar-refractivity contribution in [3.63, 3.8) is 0 Å². The quantitative estimate of drug-likeness (QED) is 0.621. The largest absolute Gasteiger partial charge is 0.480 e. The van der Waals surface area contributed by atoms with Crippen molar-refractivity contribution in [2.75, 3.05) is 0 Å². The number of amides is 4. The van der Waals surface area contributed by atoms with Crippen molar-refractivity contribution in [2.45, 2.75) is 70.5 Å². The molecule has 2 aliphatic rings. The fourth-order valence-corrected chi connectivity index (χ4v) is 3.41. The molecule has 2 fully saturated rings. The molecule has 1 saturated heterocycles. The third-order valence-corrected chi connectivity index (χ3v) is 4.74. The number of aliphatic carboxylic acids is 1. The van der Waals surface area contributed by atoms with E-state index in [1.54, 1.807) is 0 Å².